The maximum absolute atomic E-state index is 12.1. The molecule has 0 saturated carbocycles. The Balaban J connectivity index is 1.62. The molecule has 0 aliphatic carbocycles. The molecule has 1 amide bonds. The highest BCUT2D eigenvalue weighted by Crippen LogP contribution is 2.13. The molecule has 0 aliphatic rings. The fourth-order valence-corrected chi connectivity index (χ4v) is 2.39. The average Bonchev–Trinajstić information content (AvgIpc) is 2.65. The van der Waals surface area contributed by atoms with Gasteiger partial charge in [0.25, 0.3) is 5.56 Å². The Morgan fingerprint density at radius 2 is 1.80 bits per heavy atom. The van der Waals surface area contributed by atoms with E-state index in [-0.39, 0.29) is 18.0 Å². The lowest BCUT2D eigenvalue weighted by Crippen LogP contribution is -2.34. The van der Waals surface area contributed by atoms with Crippen molar-refractivity contribution < 1.29 is 4.79 Å². The molecule has 2 aromatic heterocycles. The van der Waals surface area contributed by atoms with Gasteiger partial charge in [0, 0.05) is 36.5 Å². The van der Waals surface area contributed by atoms with E-state index in [1.54, 1.807) is 12.3 Å². The van der Waals surface area contributed by atoms with Crippen LogP contribution in [0, 0.1) is 0 Å². The molecule has 0 radical (unpaired) electrons. The number of hydrogen-bond donors (Lipinski definition) is 1. The van der Waals surface area contributed by atoms with Crippen molar-refractivity contribution in [1.82, 2.24) is 20.1 Å². The van der Waals surface area contributed by atoms with Gasteiger partial charge in [-0.3, -0.25) is 14.6 Å². The van der Waals surface area contributed by atoms with Crippen LogP contribution in [0.4, 0.5) is 0 Å². The molecule has 6 nitrogen and oxygen atoms in total. The lowest BCUT2D eigenvalue weighted by molar-refractivity contribution is -0.121. The highest BCUT2D eigenvalue weighted by atomic mass is 16.2. The van der Waals surface area contributed by atoms with E-state index >= 15 is 0 Å². The Kier molecular flexibility index (Phi) is 5.31. The summed E-state index contributed by atoms with van der Waals surface area (Å²) < 4.78 is 1.18. The van der Waals surface area contributed by atoms with Crippen LogP contribution in [0.15, 0.2) is 71.7 Å². The molecule has 2 heterocycles. The monoisotopic (exact) mass is 334 g/mol. The number of nitrogens with zero attached hydrogens (tertiary/aromatic N) is 3. The maximum atomic E-state index is 12.1. The van der Waals surface area contributed by atoms with Gasteiger partial charge in [-0.25, -0.2) is 4.68 Å². The Labute approximate surface area is 145 Å². The van der Waals surface area contributed by atoms with Crippen LogP contribution in [0.1, 0.15) is 5.69 Å². The average molecular weight is 334 g/mol. The van der Waals surface area contributed by atoms with Crippen molar-refractivity contribution in [2.45, 2.75) is 13.0 Å². The van der Waals surface area contributed by atoms with Crippen LogP contribution >= 0.6 is 0 Å². The van der Waals surface area contributed by atoms with E-state index in [4.69, 9.17) is 0 Å². The summed E-state index contributed by atoms with van der Waals surface area (Å²) in [5.41, 5.74) is 2.15. The van der Waals surface area contributed by atoms with Crippen LogP contribution in [0.3, 0.4) is 0 Å². The number of amides is 1. The second kappa shape index (κ2) is 8.01. The van der Waals surface area contributed by atoms with Crippen LogP contribution in [0.2, 0.25) is 0 Å². The third-order valence-electron chi connectivity index (χ3n) is 3.66. The molecule has 1 N–H and O–H groups in total. The van der Waals surface area contributed by atoms with Crippen LogP contribution in [-0.2, 0) is 17.8 Å². The zero-order chi connectivity index (χ0) is 17.5. The first-order valence-electron chi connectivity index (χ1n) is 8.02. The fourth-order valence-electron chi connectivity index (χ4n) is 2.39. The third kappa shape index (κ3) is 4.60. The molecule has 0 atom stereocenters. The summed E-state index contributed by atoms with van der Waals surface area (Å²) in [6.45, 7) is 0.352. The number of rotatable bonds is 6. The molecular formula is C19H18N4O2. The summed E-state index contributed by atoms with van der Waals surface area (Å²) in [5, 5.41) is 7.07. The number of carbonyl (C=O) groups is 1. The van der Waals surface area contributed by atoms with Crippen molar-refractivity contribution in [2.75, 3.05) is 6.54 Å². The van der Waals surface area contributed by atoms with E-state index in [1.165, 1.54) is 10.7 Å². The molecule has 0 bridgehead atoms. The highest BCUT2D eigenvalue weighted by molar-refractivity contribution is 5.75. The van der Waals surface area contributed by atoms with Crippen molar-refractivity contribution in [3.05, 3.63) is 82.9 Å². The summed E-state index contributed by atoms with van der Waals surface area (Å²) in [5.74, 6) is -0.254. The van der Waals surface area contributed by atoms with Gasteiger partial charge in [0.1, 0.15) is 6.54 Å². The fraction of sp³-hybridized carbons (Fsp3) is 0.158. The van der Waals surface area contributed by atoms with Crippen molar-refractivity contribution in [1.29, 1.82) is 0 Å². The van der Waals surface area contributed by atoms with Gasteiger partial charge in [-0.05, 0) is 18.2 Å². The minimum Gasteiger partial charge on any atom is -0.354 e. The first kappa shape index (κ1) is 16.6. The van der Waals surface area contributed by atoms with Gasteiger partial charge in [0.05, 0.1) is 5.69 Å². The number of hydrogen-bond acceptors (Lipinski definition) is 4. The van der Waals surface area contributed by atoms with E-state index in [1.807, 2.05) is 48.5 Å². The number of carbonyl (C=O) groups excluding carboxylic acids is 1. The number of nitrogens with one attached hydrogen (secondary N) is 1. The van der Waals surface area contributed by atoms with Crippen LogP contribution < -0.4 is 10.9 Å². The molecule has 0 spiro atoms. The van der Waals surface area contributed by atoms with Crippen LogP contribution in [0.5, 0.6) is 0 Å². The summed E-state index contributed by atoms with van der Waals surface area (Å²) in [4.78, 5) is 28.2. The van der Waals surface area contributed by atoms with E-state index < -0.39 is 0 Å². The Hall–Kier alpha value is -3.28. The van der Waals surface area contributed by atoms with Crippen molar-refractivity contribution in [3.8, 4) is 11.3 Å². The van der Waals surface area contributed by atoms with E-state index in [0.717, 1.165) is 11.3 Å². The number of aromatic nitrogens is 3. The van der Waals surface area contributed by atoms with Gasteiger partial charge in [0.15, 0.2) is 0 Å². The second-order valence-corrected chi connectivity index (χ2v) is 5.50. The molecule has 3 rings (SSSR count). The Bertz CT molecular complexity index is 892. The first-order chi connectivity index (χ1) is 12.2. The van der Waals surface area contributed by atoms with Gasteiger partial charge in [-0.1, -0.05) is 36.4 Å². The van der Waals surface area contributed by atoms with Crippen molar-refractivity contribution >= 4 is 5.91 Å². The van der Waals surface area contributed by atoms with E-state index in [0.29, 0.717) is 18.7 Å². The molecule has 6 heteroatoms. The predicted molar refractivity (Wildman–Crippen MR) is 94.9 cm³/mol. The summed E-state index contributed by atoms with van der Waals surface area (Å²) in [6.07, 6.45) is 2.36. The molecule has 126 valence electrons. The first-order valence-corrected chi connectivity index (χ1v) is 8.02. The largest absolute Gasteiger partial charge is 0.354 e. The molecule has 0 fully saturated rings. The number of benzene rings is 1. The van der Waals surface area contributed by atoms with Gasteiger partial charge in [0.2, 0.25) is 5.91 Å². The van der Waals surface area contributed by atoms with E-state index in [2.05, 4.69) is 15.4 Å². The van der Waals surface area contributed by atoms with Gasteiger partial charge in [-0.15, -0.1) is 0 Å². The smallest absolute Gasteiger partial charge is 0.267 e. The van der Waals surface area contributed by atoms with Crippen LogP contribution in [-0.4, -0.2) is 27.2 Å². The quantitative estimate of drug-likeness (QED) is 0.744. The van der Waals surface area contributed by atoms with Gasteiger partial charge >= 0.3 is 0 Å². The van der Waals surface area contributed by atoms with Crippen LogP contribution in [0.25, 0.3) is 11.3 Å². The predicted octanol–water partition coefficient (Wildman–Crippen LogP) is 1.66. The van der Waals surface area contributed by atoms with Crippen molar-refractivity contribution in [3.63, 3.8) is 0 Å². The summed E-state index contributed by atoms with van der Waals surface area (Å²) in [6, 6.07) is 18.3. The normalized spacial score (nSPS) is 10.4. The molecule has 3 aromatic rings. The topological polar surface area (TPSA) is 76.9 Å². The number of pyridine rings is 1. The van der Waals surface area contributed by atoms with Crippen molar-refractivity contribution in [2.24, 2.45) is 0 Å². The summed E-state index contributed by atoms with van der Waals surface area (Å²) >= 11 is 0. The molecular weight excluding hydrogens is 316 g/mol. The Morgan fingerprint density at radius 3 is 2.56 bits per heavy atom. The van der Waals surface area contributed by atoms with Gasteiger partial charge < -0.3 is 5.32 Å². The van der Waals surface area contributed by atoms with Gasteiger partial charge in [-0.2, -0.15) is 5.10 Å². The highest BCUT2D eigenvalue weighted by Gasteiger charge is 2.07. The lowest BCUT2D eigenvalue weighted by Gasteiger charge is -2.08. The van der Waals surface area contributed by atoms with E-state index in [9.17, 15) is 9.59 Å². The molecule has 25 heavy (non-hydrogen) atoms. The SMILES string of the molecule is O=C(Cn1nc(-c2ccccc2)ccc1=O)NCCc1ccccn1. The standard InChI is InChI=1S/C19H18N4O2/c24-18(21-13-11-16-8-4-5-12-20-16)14-23-19(25)10-9-17(22-23)15-6-2-1-3-7-15/h1-10,12H,11,13-14H2,(H,21,24). The Morgan fingerprint density at radius 1 is 1.00 bits per heavy atom. The minimum atomic E-state index is -0.306. The third-order valence-corrected chi connectivity index (χ3v) is 3.66. The maximum Gasteiger partial charge on any atom is 0.267 e. The lowest BCUT2D eigenvalue weighted by atomic mass is 10.1. The zero-order valence-electron chi connectivity index (χ0n) is 13.6. The zero-order valence-corrected chi connectivity index (χ0v) is 13.6. The molecule has 0 saturated heterocycles. The molecule has 0 unspecified atom stereocenters. The molecule has 0 aliphatic heterocycles. The second-order valence-electron chi connectivity index (χ2n) is 5.50. The molecule has 1 aromatic carbocycles. The minimum absolute atomic E-state index is 0.109. The summed E-state index contributed by atoms with van der Waals surface area (Å²) in [7, 11) is 0.